The van der Waals surface area contributed by atoms with E-state index in [1.54, 1.807) is 6.07 Å². The molecule has 3 rings (SSSR count). The average molecular weight is 293 g/mol. The standard InChI is InChI=1S/C16H20FNO3/c17-13-7-11(3-4-14(13)19)8-15(20)18-12-9-16(21-10-12)5-1-2-6-16/h3-4,7,12,19H,1-2,5-6,8-10H2,(H,18,20)/t12-/m1/s1. The van der Waals surface area contributed by atoms with E-state index in [1.807, 2.05) is 0 Å². The summed E-state index contributed by atoms with van der Waals surface area (Å²) in [5.41, 5.74) is 0.542. The van der Waals surface area contributed by atoms with Gasteiger partial charge in [-0.25, -0.2) is 4.39 Å². The van der Waals surface area contributed by atoms with Crippen molar-refractivity contribution in [2.24, 2.45) is 0 Å². The Morgan fingerprint density at radius 3 is 2.90 bits per heavy atom. The highest BCUT2D eigenvalue weighted by atomic mass is 19.1. The number of carbonyl (C=O) groups is 1. The van der Waals surface area contributed by atoms with Gasteiger partial charge in [-0.05, 0) is 37.0 Å². The van der Waals surface area contributed by atoms with E-state index in [4.69, 9.17) is 9.84 Å². The topological polar surface area (TPSA) is 58.6 Å². The van der Waals surface area contributed by atoms with Gasteiger partial charge in [0.25, 0.3) is 0 Å². The number of rotatable bonds is 3. The number of hydrogen-bond donors (Lipinski definition) is 2. The van der Waals surface area contributed by atoms with Crippen molar-refractivity contribution in [3.05, 3.63) is 29.6 Å². The fraction of sp³-hybridized carbons (Fsp3) is 0.562. The first-order chi connectivity index (χ1) is 10.1. The molecule has 1 aromatic carbocycles. The molecule has 1 aromatic rings. The van der Waals surface area contributed by atoms with Crippen molar-refractivity contribution in [2.45, 2.75) is 50.2 Å². The summed E-state index contributed by atoms with van der Waals surface area (Å²) >= 11 is 0. The number of hydrogen-bond acceptors (Lipinski definition) is 3. The molecule has 0 aromatic heterocycles. The average Bonchev–Trinajstić information content (AvgIpc) is 3.05. The maximum atomic E-state index is 13.2. The third kappa shape index (κ3) is 3.18. The second kappa shape index (κ2) is 5.64. The van der Waals surface area contributed by atoms with E-state index in [0.717, 1.165) is 19.3 Å². The number of benzene rings is 1. The zero-order chi connectivity index (χ0) is 14.9. The first-order valence-electron chi connectivity index (χ1n) is 7.47. The van der Waals surface area contributed by atoms with Gasteiger partial charge in [0.2, 0.25) is 5.91 Å². The van der Waals surface area contributed by atoms with Crippen LogP contribution in [0.2, 0.25) is 0 Å². The molecule has 2 fully saturated rings. The fourth-order valence-corrected chi connectivity index (χ4v) is 3.43. The maximum Gasteiger partial charge on any atom is 0.224 e. The van der Waals surface area contributed by atoms with Gasteiger partial charge in [-0.3, -0.25) is 4.79 Å². The van der Waals surface area contributed by atoms with Gasteiger partial charge in [0.05, 0.1) is 24.7 Å². The van der Waals surface area contributed by atoms with Crippen LogP contribution >= 0.6 is 0 Å². The first kappa shape index (κ1) is 14.3. The van der Waals surface area contributed by atoms with Crippen molar-refractivity contribution in [3.63, 3.8) is 0 Å². The van der Waals surface area contributed by atoms with Crippen molar-refractivity contribution in [2.75, 3.05) is 6.61 Å². The van der Waals surface area contributed by atoms with Crippen LogP contribution < -0.4 is 5.32 Å². The quantitative estimate of drug-likeness (QED) is 0.899. The predicted molar refractivity (Wildman–Crippen MR) is 75.5 cm³/mol. The fourth-order valence-electron chi connectivity index (χ4n) is 3.43. The van der Waals surface area contributed by atoms with Crippen LogP contribution in [-0.2, 0) is 16.0 Å². The van der Waals surface area contributed by atoms with Gasteiger partial charge < -0.3 is 15.2 Å². The van der Waals surface area contributed by atoms with Gasteiger partial charge in [0, 0.05) is 0 Å². The Labute approximate surface area is 123 Å². The van der Waals surface area contributed by atoms with Crippen LogP contribution in [0.4, 0.5) is 4.39 Å². The van der Waals surface area contributed by atoms with Crippen molar-refractivity contribution in [1.82, 2.24) is 5.32 Å². The monoisotopic (exact) mass is 293 g/mol. The van der Waals surface area contributed by atoms with E-state index >= 15 is 0 Å². The minimum atomic E-state index is -0.700. The van der Waals surface area contributed by atoms with E-state index in [-0.39, 0.29) is 24.0 Å². The molecular weight excluding hydrogens is 273 g/mol. The summed E-state index contributed by atoms with van der Waals surface area (Å²) in [7, 11) is 0. The highest BCUT2D eigenvalue weighted by molar-refractivity contribution is 5.79. The number of nitrogens with one attached hydrogen (secondary N) is 1. The van der Waals surface area contributed by atoms with Gasteiger partial charge in [-0.15, -0.1) is 0 Å². The molecule has 1 heterocycles. The van der Waals surface area contributed by atoms with Crippen LogP contribution in [0.15, 0.2) is 18.2 Å². The normalized spacial score (nSPS) is 23.6. The summed E-state index contributed by atoms with van der Waals surface area (Å²) in [4.78, 5) is 12.0. The van der Waals surface area contributed by atoms with Gasteiger partial charge in [0.1, 0.15) is 0 Å². The van der Waals surface area contributed by atoms with Gasteiger partial charge in [0.15, 0.2) is 11.6 Å². The Kier molecular flexibility index (Phi) is 3.85. The largest absolute Gasteiger partial charge is 0.505 e. The molecule has 2 N–H and O–H groups in total. The molecule has 0 unspecified atom stereocenters. The van der Waals surface area contributed by atoms with E-state index in [9.17, 15) is 9.18 Å². The number of phenols is 1. The van der Waals surface area contributed by atoms with Crippen molar-refractivity contribution < 1.29 is 19.0 Å². The molecule has 1 atom stereocenters. The third-order valence-electron chi connectivity index (χ3n) is 4.47. The Morgan fingerprint density at radius 2 is 2.19 bits per heavy atom. The molecule has 4 nitrogen and oxygen atoms in total. The second-order valence-corrected chi connectivity index (χ2v) is 6.13. The van der Waals surface area contributed by atoms with Crippen LogP contribution in [0, 0.1) is 5.82 Å². The molecule has 0 radical (unpaired) electrons. The molecule has 1 aliphatic heterocycles. The molecule has 2 aliphatic rings. The molecule has 1 spiro atoms. The Bertz CT molecular complexity index is 540. The molecule has 1 saturated heterocycles. The van der Waals surface area contributed by atoms with E-state index < -0.39 is 11.6 Å². The summed E-state index contributed by atoms with van der Waals surface area (Å²) < 4.78 is 19.1. The number of phenolic OH excluding ortho intramolecular Hbond substituents is 1. The number of amides is 1. The molecule has 1 saturated carbocycles. The lowest BCUT2D eigenvalue weighted by Crippen LogP contribution is -2.37. The zero-order valence-corrected chi connectivity index (χ0v) is 11.9. The van der Waals surface area contributed by atoms with E-state index in [2.05, 4.69) is 5.32 Å². The molecule has 1 amide bonds. The summed E-state index contributed by atoms with van der Waals surface area (Å²) in [5, 5.41) is 12.1. The third-order valence-corrected chi connectivity index (χ3v) is 4.47. The van der Waals surface area contributed by atoms with Gasteiger partial charge >= 0.3 is 0 Å². The molecular formula is C16H20FNO3. The molecule has 1 aliphatic carbocycles. The predicted octanol–water partition coefficient (Wildman–Crippen LogP) is 2.29. The number of aromatic hydroxyl groups is 1. The lowest BCUT2D eigenvalue weighted by molar-refractivity contribution is -0.121. The first-order valence-corrected chi connectivity index (χ1v) is 7.47. The minimum absolute atomic E-state index is 0.0113. The van der Waals surface area contributed by atoms with E-state index in [0.29, 0.717) is 12.2 Å². The van der Waals surface area contributed by atoms with Crippen LogP contribution in [0.3, 0.4) is 0 Å². The number of carbonyl (C=O) groups excluding carboxylic acids is 1. The van der Waals surface area contributed by atoms with Gasteiger partial charge in [-0.2, -0.15) is 0 Å². The molecule has 5 heteroatoms. The summed E-state index contributed by atoms with van der Waals surface area (Å²) in [6.45, 7) is 0.565. The smallest absolute Gasteiger partial charge is 0.224 e. The Hall–Kier alpha value is -1.62. The van der Waals surface area contributed by atoms with Crippen LogP contribution in [-0.4, -0.2) is 29.3 Å². The second-order valence-electron chi connectivity index (χ2n) is 6.13. The molecule has 114 valence electrons. The number of halogens is 1. The minimum Gasteiger partial charge on any atom is -0.505 e. The number of ether oxygens (including phenoxy) is 1. The highest BCUT2D eigenvalue weighted by Gasteiger charge is 2.42. The maximum absolute atomic E-state index is 13.2. The Balaban J connectivity index is 1.53. The summed E-state index contributed by atoms with van der Waals surface area (Å²) in [6, 6.07) is 4.07. The summed E-state index contributed by atoms with van der Waals surface area (Å²) in [6.07, 6.45) is 5.56. The molecule has 21 heavy (non-hydrogen) atoms. The lowest BCUT2D eigenvalue weighted by Gasteiger charge is -2.21. The van der Waals surface area contributed by atoms with Crippen molar-refractivity contribution >= 4 is 5.91 Å². The van der Waals surface area contributed by atoms with Crippen LogP contribution in [0.1, 0.15) is 37.7 Å². The molecule has 0 bridgehead atoms. The summed E-state index contributed by atoms with van der Waals surface area (Å²) in [5.74, 6) is -1.23. The van der Waals surface area contributed by atoms with Crippen LogP contribution in [0.5, 0.6) is 5.75 Å². The van der Waals surface area contributed by atoms with E-state index in [1.165, 1.54) is 25.0 Å². The Morgan fingerprint density at radius 1 is 1.43 bits per heavy atom. The zero-order valence-electron chi connectivity index (χ0n) is 11.9. The SMILES string of the molecule is O=C(Cc1ccc(O)c(F)c1)N[C@H]1COC2(CCCC2)C1. The van der Waals surface area contributed by atoms with Crippen molar-refractivity contribution in [3.8, 4) is 5.75 Å². The highest BCUT2D eigenvalue weighted by Crippen LogP contribution is 2.40. The van der Waals surface area contributed by atoms with Gasteiger partial charge in [-0.1, -0.05) is 18.9 Å². The van der Waals surface area contributed by atoms with Crippen LogP contribution in [0.25, 0.3) is 0 Å². The van der Waals surface area contributed by atoms with Crippen molar-refractivity contribution in [1.29, 1.82) is 0 Å². The lowest BCUT2D eigenvalue weighted by atomic mass is 9.96.